The number of hydrogen-bond donors (Lipinski definition) is 0. The van der Waals surface area contributed by atoms with Crippen LogP contribution in [-0.4, -0.2) is 31.2 Å². The molecular formula is C14H19NO4S. The first-order chi connectivity index (χ1) is 9.53. The SMILES string of the molecule is COc1cc(CCSC)c(OC)cc1C=C(C)[N+](=O)[O-]. The Labute approximate surface area is 123 Å². The quantitative estimate of drug-likeness (QED) is 0.571. The summed E-state index contributed by atoms with van der Waals surface area (Å²) in [5.74, 6) is 2.31. The van der Waals surface area contributed by atoms with E-state index in [4.69, 9.17) is 9.47 Å². The van der Waals surface area contributed by atoms with E-state index >= 15 is 0 Å². The molecule has 0 N–H and O–H groups in total. The predicted molar refractivity (Wildman–Crippen MR) is 82.3 cm³/mol. The number of nitro groups is 1. The lowest BCUT2D eigenvalue weighted by Crippen LogP contribution is -1.99. The van der Waals surface area contributed by atoms with Crippen LogP contribution in [0.3, 0.4) is 0 Å². The molecule has 0 unspecified atom stereocenters. The molecule has 0 aliphatic rings. The highest BCUT2D eigenvalue weighted by molar-refractivity contribution is 7.98. The molecule has 0 atom stereocenters. The summed E-state index contributed by atoms with van der Waals surface area (Å²) in [7, 11) is 3.15. The summed E-state index contributed by atoms with van der Waals surface area (Å²) in [6, 6.07) is 3.66. The molecule has 5 nitrogen and oxygen atoms in total. The molecule has 0 aliphatic carbocycles. The molecular weight excluding hydrogens is 278 g/mol. The van der Waals surface area contributed by atoms with Crippen LogP contribution in [-0.2, 0) is 6.42 Å². The number of rotatable bonds is 7. The fourth-order valence-electron chi connectivity index (χ4n) is 1.78. The monoisotopic (exact) mass is 297 g/mol. The third kappa shape index (κ3) is 4.16. The maximum atomic E-state index is 10.7. The molecule has 0 heterocycles. The van der Waals surface area contributed by atoms with E-state index in [-0.39, 0.29) is 5.70 Å². The van der Waals surface area contributed by atoms with Gasteiger partial charge < -0.3 is 9.47 Å². The fraction of sp³-hybridized carbons (Fsp3) is 0.429. The molecule has 0 spiro atoms. The fourth-order valence-corrected chi connectivity index (χ4v) is 2.21. The van der Waals surface area contributed by atoms with Crippen LogP contribution in [0.1, 0.15) is 18.1 Å². The van der Waals surface area contributed by atoms with Gasteiger partial charge in [-0.05, 0) is 36.1 Å². The minimum Gasteiger partial charge on any atom is -0.496 e. The summed E-state index contributed by atoms with van der Waals surface area (Å²) >= 11 is 1.75. The van der Waals surface area contributed by atoms with E-state index in [2.05, 4.69) is 0 Å². The molecule has 0 fully saturated rings. The van der Waals surface area contributed by atoms with Crippen LogP contribution in [0.4, 0.5) is 0 Å². The van der Waals surface area contributed by atoms with Gasteiger partial charge in [-0.15, -0.1) is 0 Å². The second kappa shape index (κ2) is 7.79. The van der Waals surface area contributed by atoms with E-state index in [1.807, 2.05) is 12.3 Å². The molecule has 0 aromatic heterocycles. The predicted octanol–water partition coefficient (Wildman–Crippen LogP) is 3.25. The number of ether oxygens (including phenoxy) is 2. The van der Waals surface area contributed by atoms with Crippen LogP contribution in [0.25, 0.3) is 6.08 Å². The van der Waals surface area contributed by atoms with E-state index < -0.39 is 4.92 Å². The Hall–Kier alpha value is -1.69. The van der Waals surface area contributed by atoms with E-state index in [0.717, 1.165) is 23.5 Å². The summed E-state index contributed by atoms with van der Waals surface area (Å²) in [5, 5.41) is 10.7. The lowest BCUT2D eigenvalue weighted by molar-refractivity contribution is -0.422. The molecule has 20 heavy (non-hydrogen) atoms. The van der Waals surface area contributed by atoms with Gasteiger partial charge in [0.1, 0.15) is 11.5 Å². The Kier molecular flexibility index (Phi) is 6.38. The van der Waals surface area contributed by atoms with E-state index in [1.54, 1.807) is 32.0 Å². The van der Waals surface area contributed by atoms with E-state index in [0.29, 0.717) is 11.3 Å². The number of allylic oxidation sites excluding steroid dienone is 1. The average molecular weight is 297 g/mol. The second-order valence-electron chi connectivity index (χ2n) is 4.19. The van der Waals surface area contributed by atoms with Crippen molar-refractivity contribution in [3.63, 3.8) is 0 Å². The number of hydrogen-bond acceptors (Lipinski definition) is 5. The molecule has 0 bridgehead atoms. The molecule has 1 rings (SSSR count). The molecule has 0 radical (unpaired) electrons. The molecule has 110 valence electrons. The van der Waals surface area contributed by atoms with Crippen LogP contribution >= 0.6 is 11.8 Å². The van der Waals surface area contributed by atoms with Crippen LogP contribution in [0.15, 0.2) is 17.8 Å². The summed E-state index contributed by atoms with van der Waals surface area (Å²) < 4.78 is 10.7. The zero-order valence-corrected chi connectivity index (χ0v) is 13.0. The van der Waals surface area contributed by atoms with Crippen LogP contribution in [0, 0.1) is 10.1 Å². The summed E-state index contributed by atoms with van der Waals surface area (Å²) in [4.78, 5) is 10.3. The first-order valence-electron chi connectivity index (χ1n) is 6.10. The molecule has 0 amide bonds. The van der Waals surface area contributed by atoms with Gasteiger partial charge in [-0.1, -0.05) is 0 Å². The van der Waals surface area contributed by atoms with Crippen molar-refractivity contribution in [1.82, 2.24) is 0 Å². The van der Waals surface area contributed by atoms with Crippen molar-refractivity contribution in [3.05, 3.63) is 39.1 Å². The highest BCUT2D eigenvalue weighted by Gasteiger charge is 2.12. The van der Waals surface area contributed by atoms with Crippen molar-refractivity contribution in [3.8, 4) is 11.5 Å². The Morgan fingerprint density at radius 3 is 2.50 bits per heavy atom. The molecule has 0 saturated carbocycles. The maximum absolute atomic E-state index is 10.7. The average Bonchev–Trinajstić information content (AvgIpc) is 2.44. The number of thioether (sulfide) groups is 1. The largest absolute Gasteiger partial charge is 0.496 e. The topological polar surface area (TPSA) is 61.6 Å². The van der Waals surface area contributed by atoms with Gasteiger partial charge in [0.25, 0.3) is 0 Å². The lowest BCUT2D eigenvalue weighted by Gasteiger charge is -2.13. The Bertz CT molecular complexity index is 514. The minimum atomic E-state index is -0.423. The summed E-state index contributed by atoms with van der Waals surface area (Å²) in [5.41, 5.74) is 1.74. The van der Waals surface area contributed by atoms with E-state index in [1.165, 1.54) is 13.0 Å². The molecule has 6 heteroatoms. The second-order valence-corrected chi connectivity index (χ2v) is 5.18. The van der Waals surface area contributed by atoms with Crippen molar-refractivity contribution in [2.45, 2.75) is 13.3 Å². The van der Waals surface area contributed by atoms with Crippen molar-refractivity contribution < 1.29 is 14.4 Å². The molecule has 1 aromatic carbocycles. The summed E-state index contributed by atoms with van der Waals surface area (Å²) in [6.45, 7) is 1.45. The smallest absolute Gasteiger partial charge is 0.243 e. The van der Waals surface area contributed by atoms with Gasteiger partial charge in [0, 0.05) is 18.6 Å². The standard InChI is InChI=1S/C14H19NO4S/c1-10(15(16)17)7-12-9-13(18-2)11(5-6-20-4)8-14(12)19-3/h7-9H,5-6H2,1-4H3. The Balaban J connectivity index is 3.25. The van der Waals surface area contributed by atoms with Crippen LogP contribution < -0.4 is 9.47 Å². The number of methoxy groups -OCH3 is 2. The Morgan fingerprint density at radius 1 is 1.35 bits per heavy atom. The third-order valence-electron chi connectivity index (χ3n) is 2.86. The number of aryl methyl sites for hydroxylation is 1. The molecule has 1 aromatic rings. The van der Waals surface area contributed by atoms with Gasteiger partial charge in [0.15, 0.2) is 0 Å². The van der Waals surface area contributed by atoms with Gasteiger partial charge in [0.2, 0.25) is 5.70 Å². The maximum Gasteiger partial charge on any atom is 0.243 e. The lowest BCUT2D eigenvalue weighted by atomic mass is 10.1. The van der Waals surface area contributed by atoms with Crippen molar-refractivity contribution >= 4 is 17.8 Å². The highest BCUT2D eigenvalue weighted by Crippen LogP contribution is 2.31. The van der Waals surface area contributed by atoms with Crippen molar-refractivity contribution in [2.75, 3.05) is 26.2 Å². The van der Waals surface area contributed by atoms with Gasteiger partial charge in [-0.2, -0.15) is 11.8 Å². The zero-order valence-electron chi connectivity index (χ0n) is 12.1. The Morgan fingerprint density at radius 2 is 2.00 bits per heavy atom. The van der Waals surface area contributed by atoms with Crippen LogP contribution in [0.2, 0.25) is 0 Å². The molecule has 0 saturated heterocycles. The van der Waals surface area contributed by atoms with Gasteiger partial charge in [-0.3, -0.25) is 10.1 Å². The highest BCUT2D eigenvalue weighted by atomic mass is 32.2. The zero-order chi connectivity index (χ0) is 15.1. The first-order valence-corrected chi connectivity index (χ1v) is 7.49. The minimum absolute atomic E-state index is 0.0576. The number of nitrogens with zero attached hydrogens (tertiary/aromatic N) is 1. The van der Waals surface area contributed by atoms with Crippen molar-refractivity contribution in [2.24, 2.45) is 0 Å². The van der Waals surface area contributed by atoms with E-state index in [9.17, 15) is 10.1 Å². The molecule has 0 aliphatic heterocycles. The van der Waals surface area contributed by atoms with Gasteiger partial charge in [-0.25, -0.2) is 0 Å². The van der Waals surface area contributed by atoms with Gasteiger partial charge >= 0.3 is 0 Å². The van der Waals surface area contributed by atoms with Gasteiger partial charge in [0.05, 0.1) is 19.1 Å². The third-order valence-corrected chi connectivity index (χ3v) is 3.47. The summed E-state index contributed by atoms with van der Waals surface area (Å²) in [6.07, 6.45) is 4.39. The number of benzene rings is 1. The van der Waals surface area contributed by atoms with Crippen molar-refractivity contribution in [1.29, 1.82) is 0 Å². The first kappa shape index (κ1) is 16.4. The normalized spacial score (nSPS) is 11.3. The van der Waals surface area contributed by atoms with Crippen LogP contribution in [0.5, 0.6) is 11.5 Å².